The average molecular weight is 541 g/mol. The van der Waals surface area contributed by atoms with Gasteiger partial charge in [0.15, 0.2) is 0 Å². The zero-order valence-electron chi connectivity index (χ0n) is 5.73. The zero-order valence-corrected chi connectivity index (χ0v) is 12.8. The summed E-state index contributed by atoms with van der Waals surface area (Å²) >= 11 is 2.04. The first kappa shape index (κ1) is 14.5. The van der Waals surface area contributed by atoms with Gasteiger partial charge in [0.1, 0.15) is 0 Å². The molecule has 0 aliphatic carbocycles. The minimum atomic E-state index is -0.202. The van der Waals surface area contributed by atoms with Gasteiger partial charge in [-0.1, -0.05) is 0 Å². The van der Waals surface area contributed by atoms with Crippen LogP contribution < -0.4 is 25.7 Å². The molecule has 0 saturated heterocycles. The van der Waals surface area contributed by atoms with E-state index in [9.17, 15) is 0 Å². The molecule has 6 heteroatoms. The van der Waals surface area contributed by atoms with E-state index in [1.54, 1.807) is 0 Å². The summed E-state index contributed by atoms with van der Waals surface area (Å²) in [6.07, 6.45) is 0. The average Bonchev–Trinajstić information content (AvgIpc) is 1.89. The van der Waals surface area contributed by atoms with Gasteiger partial charge in [0.05, 0.1) is 0 Å². The summed E-state index contributed by atoms with van der Waals surface area (Å²) in [6.45, 7) is 1.95. The second-order valence-electron chi connectivity index (χ2n) is 1.49. The van der Waals surface area contributed by atoms with E-state index in [0.717, 1.165) is 17.6 Å². The molecule has 1 radical (unpaired) electrons. The molecule has 0 amide bonds. The largest absolute Gasteiger partial charge is 0 e. The van der Waals surface area contributed by atoms with Gasteiger partial charge >= 0.3 is 81.4 Å². The van der Waals surface area contributed by atoms with E-state index in [1.165, 1.54) is 0 Å². The molecule has 0 aromatic carbocycles. The molecule has 65 valence electrons. The van der Waals surface area contributed by atoms with Crippen molar-refractivity contribution in [2.75, 3.05) is 24.7 Å². The summed E-state index contributed by atoms with van der Waals surface area (Å²) in [5.74, 6) is 0. The number of nitrogens with zero attached hydrogens (tertiary/aromatic N) is 2. The van der Waals surface area contributed by atoms with Crippen LogP contribution in [-0.2, 0) is 20.4 Å². The maximum atomic E-state index is 5.45. The van der Waals surface area contributed by atoms with E-state index in [2.05, 4.69) is 31.0 Å². The fraction of sp³-hybridized carbons (Fsp3) is 1.00. The van der Waals surface area contributed by atoms with Gasteiger partial charge in [0, 0.05) is 20.4 Å². The van der Waals surface area contributed by atoms with Crippen molar-refractivity contribution in [1.29, 1.82) is 0 Å². The Morgan fingerprint density at radius 2 is 2.30 bits per heavy atom. The molecule has 0 fully saturated rings. The van der Waals surface area contributed by atoms with Gasteiger partial charge in [0.25, 0.3) is 0 Å². The Balaban J connectivity index is 0. The summed E-state index contributed by atoms with van der Waals surface area (Å²) in [6, 6.07) is 0. The number of nitrogens with two attached hydrogens (primary N) is 1. The molecule has 0 heterocycles. The van der Waals surface area contributed by atoms with Crippen LogP contribution in [0.15, 0.2) is 0 Å². The van der Waals surface area contributed by atoms with Crippen molar-refractivity contribution in [3.05, 3.63) is 5.32 Å². The van der Waals surface area contributed by atoms with E-state index >= 15 is 0 Å². The normalized spacial score (nSPS) is 10.0. The molecule has 0 spiro atoms. The molecule has 10 heavy (non-hydrogen) atoms. The van der Waals surface area contributed by atoms with Crippen molar-refractivity contribution in [2.24, 2.45) is 3.95 Å². The van der Waals surface area contributed by atoms with Gasteiger partial charge in [-0.25, -0.2) is 0 Å². The monoisotopic (exact) mass is 542 g/mol. The Labute approximate surface area is 101 Å². The molecule has 3 nitrogen and oxygen atoms in total. The van der Waals surface area contributed by atoms with E-state index in [0.29, 0.717) is 0 Å². The molecule has 0 aliphatic heterocycles. The van der Waals surface area contributed by atoms with Crippen LogP contribution >= 0.6 is 22.6 Å². The van der Waals surface area contributed by atoms with Gasteiger partial charge in [-0.2, -0.15) is 0 Å². The third kappa shape index (κ3) is 10.0. The van der Waals surface area contributed by atoms with Crippen molar-refractivity contribution in [3.63, 3.8) is 0 Å². The standard InChI is InChI=1S/C4H11I2N3.Re/c1-9(6-7)3-2-8-4-5;/h2-4,7H2,1H3;/q-2;. The van der Waals surface area contributed by atoms with Crippen molar-refractivity contribution >= 4 is 22.6 Å². The first-order valence-corrected chi connectivity index (χ1v) is 6.29. The van der Waals surface area contributed by atoms with Crippen molar-refractivity contribution < 1.29 is 42.2 Å². The van der Waals surface area contributed by atoms with Crippen LogP contribution in [0.2, 0.25) is 0 Å². The van der Waals surface area contributed by atoms with Crippen LogP contribution in [0.4, 0.5) is 0 Å². The number of hydrogen-bond donors (Lipinski definition) is 1. The molecule has 0 saturated carbocycles. The van der Waals surface area contributed by atoms with Crippen molar-refractivity contribution in [3.8, 4) is 0 Å². The summed E-state index contributed by atoms with van der Waals surface area (Å²) in [5.41, 5.74) is 0. The second kappa shape index (κ2) is 11.0. The van der Waals surface area contributed by atoms with E-state index in [1.807, 2.05) is 7.05 Å². The second-order valence-corrected chi connectivity index (χ2v) is 4.38. The molecule has 0 rings (SSSR count). The minimum absolute atomic E-state index is 0. The van der Waals surface area contributed by atoms with Gasteiger partial charge in [-0.3, -0.25) is 0 Å². The fourth-order valence-corrected chi connectivity index (χ4v) is 1.15. The van der Waals surface area contributed by atoms with E-state index < -0.39 is 0 Å². The quantitative estimate of drug-likeness (QED) is 0.138. The van der Waals surface area contributed by atoms with E-state index in [-0.39, 0.29) is 42.2 Å². The molecule has 2 N–H and O–H groups in total. The summed E-state index contributed by atoms with van der Waals surface area (Å²) in [5, 5.41) is 4.17. The Kier molecular flexibility index (Phi) is 16.0. The first-order valence-electron chi connectivity index (χ1n) is 2.55. The Morgan fingerprint density at radius 3 is 2.70 bits per heavy atom. The number of hydrogen-bond acceptors (Lipinski definition) is 2. The van der Waals surface area contributed by atoms with Crippen LogP contribution in [0.1, 0.15) is 0 Å². The molecule has 0 unspecified atom stereocenters. The van der Waals surface area contributed by atoms with Crippen LogP contribution in [0.25, 0.3) is 5.32 Å². The van der Waals surface area contributed by atoms with Crippen molar-refractivity contribution in [1.82, 2.24) is 3.11 Å². The van der Waals surface area contributed by atoms with Gasteiger partial charge in [-0.05, 0) is 0 Å². The van der Waals surface area contributed by atoms with Gasteiger partial charge in [0.2, 0.25) is 0 Å². The Bertz CT molecular complexity index is 66.5. The number of halogens is 2. The summed E-state index contributed by atoms with van der Waals surface area (Å²) < 4.78 is 8.49. The predicted octanol–water partition coefficient (Wildman–Crippen LogP) is -2.44. The van der Waals surface area contributed by atoms with Crippen molar-refractivity contribution in [2.45, 2.75) is 0 Å². The molecule has 0 bridgehead atoms. The third-order valence-electron chi connectivity index (χ3n) is 0.817. The van der Waals surface area contributed by atoms with Crippen LogP contribution in [-0.4, -0.2) is 27.8 Å². The first-order chi connectivity index (χ1) is 4.31. The maximum absolute atomic E-state index is 5.45. The third-order valence-corrected chi connectivity index (χ3v) is 2.73. The smallest absolute Gasteiger partial charge is 0 e. The minimum Gasteiger partial charge on any atom is 0 e. The van der Waals surface area contributed by atoms with E-state index in [4.69, 9.17) is 3.95 Å². The zero-order chi connectivity index (χ0) is 7.11. The number of alkyl halides is 1. The Hall–Kier alpha value is 2.00. The Morgan fingerprint density at radius 1 is 1.70 bits per heavy atom. The topological polar surface area (TPSA) is 43.4 Å². The predicted molar refractivity (Wildman–Crippen MR) is 43.9 cm³/mol. The molecule has 0 aliphatic rings. The fourth-order valence-electron chi connectivity index (χ4n) is 0.317. The number of rotatable bonds is 5. The molecule has 0 atom stereocenters. The maximum Gasteiger partial charge on any atom is 0 e. The SMILES string of the molecule is CN(CC[N-]CI)[I-]N.[Re]. The van der Waals surface area contributed by atoms with Crippen LogP contribution in [0, 0.1) is 0 Å². The summed E-state index contributed by atoms with van der Waals surface area (Å²) in [4.78, 5) is 0. The van der Waals surface area contributed by atoms with Crippen LogP contribution in [0.5, 0.6) is 0 Å². The number of likely N-dealkylation sites (N-methyl/N-ethyl adjacent to an activating group) is 1. The molecular formula is C4H11I2N3Re-2. The molecular weight excluding hydrogens is 530 g/mol. The van der Waals surface area contributed by atoms with Crippen LogP contribution in [0.3, 0.4) is 0 Å². The van der Waals surface area contributed by atoms with Gasteiger partial charge < -0.3 is 0 Å². The molecule has 0 aromatic heterocycles. The van der Waals surface area contributed by atoms with Gasteiger partial charge in [-0.15, -0.1) is 0 Å². The molecule has 0 aromatic rings. The summed E-state index contributed by atoms with van der Waals surface area (Å²) in [7, 11) is 2.04.